The summed E-state index contributed by atoms with van der Waals surface area (Å²) in [6, 6.07) is 4.02. The first-order valence-corrected chi connectivity index (χ1v) is 9.23. The Morgan fingerprint density at radius 2 is 1.83 bits per heavy atom. The van der Waals surface area contributed by atoms with Crippen LogP contribution in [-0.4, -0.2) is 41.5 Å². The second kappa shape index (κ2) is 11.3. The fraction of sp³-hybridized carbons (Fsp3) is 0.600. The number of ether oxygens (including phenoxy) is 1. The first-order valence-electron chi connectivity index (χ1n) is 9.23. The Bertz CT molecular complexity index is 691. The van der Waals surface area contributed by atoms with Crippen LogP contribution in [0, 0.1) is 11.3 Å². The molecule has 0 bridgehead atoms. The number of carbonyl (C=O) groups excluding carboxylic acids is 3. The Labute approximate surface area is 184 Å². The van der Waals surface area contributed by atoms with Gasteiger partial charge in [-0.15, -0.1) is 0 Å². The number of carboxylic acids is 1. The van der Waals surface area contributed by atoms with E-state index in [0.29, 0.717) is 12.2 Å². The van der Waals surface area contributed by atoms with Gasteiger partial charge in [0, 0.05) is 13.3 Å². The van der Waals surface area contributed by atoms with E-state index in [-0.39, 0.29) is 31.2 Å². The maximum Gasteiger partial charge on any atom is 1.00 e. The maximum absolute atomic E-state index is 12.9. The molecule has 9 heteroatoms. The minimum absolute atomic E-state index is 0. The van der Waals surface area contributed by atoms with Gasteiger partial charge in [0.25, 0.3) is 5.91 Å². The summed E-state index contributed by atoms with van der Waals surface area (Å²) in [6.45, 7) is 9.10. The Morgan fingerprint density at radius 3 is 2.24 bits per heavy atom. The van der Waals surface area contributed by atoms with Gasteiger partial charge in [-0.25, -0.2) is 4.98 Å². The molecule has 2 N–H and O–H groups in total. The number of anilines is 1. The summed E-state index contributed by atoms with van der Waals surface area (Å²) in [7, 11) is 1.15. The molecule has 0 radical (unpaired) electrons. The van der Waals surface area contributed by atoms with Gasteiger partial charge < -0.3 is 25.3 Å². The third-order valence-electron chi connectivity index (χ3n) is 4.44. The summed E-state index contributed by atoms with van der Waals surface area (Å²) in [5.74, 6) is -2.56. The van der Waals surface area contributed by atoms with Gasteiger partial charge in [-0.2, -0.15) is 0 Å². The zero-order chi connectivity index (χ0) is 21.5. The summed E-state index contributed by atoms with van der Waals surface area (Å²) in [5, 5.41) is 17.0. The fourth-order valence-electron chi connectivity index (χ4n) is 2.64. The van der Waals surface area contributed by atoms with Crippen LogP contribution >= 0.6 is 0 Å². The molecule has 0 spiro atoms. The minimum atomic E-state index is -2.17. The fourth-order valence-corrected chi connectivity index (χ4v) is 2.64. The molecule has 0 saturated heterocycles. The number of carbonyl (C=O) groups is 3. The van der Waals surface area contributed by atoms with E-state index >= 15 is 0 Å². The van der Waals surface area contributed by atoms with E-state index in [1.807, 2.05) is 13.8 Å². The Kier molecular flexibility index (Phi) is 10.6. The van der Waals surface area contributed by atoms with Crippen LogP contribution in [0.4, 0.5) is 5.82 Å². The van der Waals surface area contributed by atoms with Gasteiger partial charge in [0.15, 0.2) is 5.60 Å². The van der Waals surface area contributed by atoms with Crippen molar-refractivity contribution in [3.63, 3.8) is 0 Å². The Hall–Kier alpha value is -1.88. The number of aromatic nitrogens is 1. The summed E-state index contributed by atoms with van der Waals surface area (Å²) in [5.41, 5.74) is -2.86. The SMILES string of the molecule is CO[C@](CCC(C)C)(C(=O)[O-])C(=O)N[C@H](C(=O)Nc1ccccn1)C(C)(C)C.[Li+]. The molecule has 0 aliphatic heterocycles. The van der Waals surface area contributed by atoms with Crippen molar-refractivity contribution < 1.29 is 43.1 Å². The predicted octanol–water partition coefficient (Wildman–Crippen LogP) is -1.87. The van der Waals surface area contributed by atoms with Gasteiger partial charge in [0.1, 0.15) is 11.9 Å². The van der Waals surface area contributed by atoms with Gasteiger partial charge in [0.2, 0.25) is 5.91 Å². The summed E-state index contributed by atoms with van der Waals surface area (Å²) >= 11 is 0. The van der Waals surface area contributed by atoms with Gasteiger partial charge in [-0.3, -0.25) is 9.59 Å². The number of pyridine rings is 1. The second-order valence-corrected chi connectivity index (χ2v) is 8.23. The molecule has 8 nitrogen and oxygen atoms in total. The normalized spacial score (nSPS) is 14.3. The van der Waals surface area contributed by atoms with Crippen LogP contribution in [0.15, 0.2) is 24.4 Å². The van der Waals surface area contributed by atoms with Crippen molar-refractivity contribution >= 4 is 23.6 Å². The molecule has 29 heavy (non-hydrogen) atoms. The van der Waals surface area contributed by atoms with Gasteiger partial charge in [0.05, 0.1) is 5.97 Å². The molecular weight excluding hydrogens is 369 g/mol. The minimum Gasteiger partial charge on any atom is -0.546 e. The maximum atomic E-state index is 12.9. The average Bonchev–Trinajstić information content (AvgIpc) is 2.59. The van der Waals surface area contributed by atoms with E-state index in [1.165, 1.54) is 6.20 Å². The molecule has 1 rings (SSSR count). The molecule has 0 aliphatic carbocycles. The van der Waals surface area contributed by atoms with Crippen LogP contribution < -0.4 is 34.6 Å². The van der Waals surface area contributed by atoms with E-state index in [0.717, 1.165) is 7.11 Å². The van der Waals surface area contributed by atoms with E-state index in [9.17, 15) is 19.5 Å². The zero-order valence-electron chi connectivity index (χ0n) is 18.4. The van der Waals surface area contributed by atoms with Crippen molar-refractivity contribution in [2.75, 3.05) is 12.4 Å². The van der Waals surface area contributed by atoms with Crippen LogP contribution in [0.5, 0.6) is 0 Å². The average molecular weight is 399 g/mol. The number of aliphatic carboxylic acids is 1. The number of hydrogen-bond acceptors (Lipinski definition) is 6. The third-order valence-corrected chi connectivity index (χ3v) is 4.44. The van der Waals surface area contributed by atoms with Crippen molar-refractivity contribution in [2.45, 2.75) is 59.1 Å². The number of nitrogens with zero attached hydrogens (tertiary/aromatic N) is 1. The molecule has 0 aliphatic rings. The van der Waals surface area contributed by atoms with Gasteiger partial charge >= 0.3 is 18.9 Å². The largest absolute Gasteiger partial charge is 1.00 e. The summed E-state index contributed by atoms with van der Waals surface area (Å²) in [4.78, 5) is 41.5. The zero-order valence-corrected chi connectivity index (χ0v) is 18.4. The van der Waals surface area contributed by atoms with Crippen molar-refractivity contribution in [3.05, 3.63) is 24.4 Å². The number of hydrogen-bond donors (Lipinski definition) is 2. The first kappa shape index (κ1) is 27.1. The Balaban J connectivity index is 0.00000784. The van der Waals surface area contributed by atoms with Crippen molar-refractivity contribution in [3.8, 4) is 0 Å². The predicted molar refractivity (Wildman–Crippen MR) is 103 cm³/mol. The molecule has 0 fully saturated rings. The van der Waals surface area contributed by atoms with Gasteiger partial charge in [-0.05, 0) is 36.3 Å². The van der Waals surface area contributed by atoms with Crippen molar-refractivity contribution in [1.82, 2.24) is 10.3 Å². The molecule has 156 valence electrons. The molecule has 0 unspecified atom stereocenters. The summed E-state index contributed by atoms with van der Waals surface area (Å²) < 4.78 is 5.11. The van der Waals surface area contributed by atoms with Gasteiger partial charge in [-0.1, -0.05) is 40.7 Å². The molecule has 1 aromatic heterocycles. The molecule has 1 aromatic rings. The van der Waals surface area contributed by atoms with Crippen molar-refractivity contribution in [2.24, 2.45) is 11.3 Å². The van der Waals surface area contributed by atoms with E-state index in [4.69, 9.17) is 4.74 Å². The van der Waals surface area contributed by atoms with E-state index in [1.54, 1.807) is 39.0 Å². The molecule has 2 atom stereocenters. The van der Waals surface area contributed by atoms with Crippen LogP contribution in [0.1, 0.15) is 47.5 Å². The molecule has 0 aromatic carbocycles. The molecular formula is C20H30LiN3O5. The van der Waals surface area contributed by atoms with Crippen molar-refractivity contribution in [1.29, 1.82) is 0 Å². The topological polar surface area (TPSA) is 120 Å². The molecule has 0 saturated carbocycles. The third kappa shape index (κ3) is 7.46. The quantitative estimate of drug-likeness (QED) is 0.371. The van der Waals surface area contributed by atoms with Crippen LogP contribution in [0.25, 0.3) is 0 Å². The van der Waals surface area contributed by atoms with Crippen LogP contribution in [-0.2, 0) is 19.1 Å². The summed E-state index contributed by atoms with van der Waals surface area (Å²) in [6.07, 6.45) is 1.90. The smallest absolute Gasteiger partial charge is 0.546 e. The van der Waals surface area contributed by atoms with Crippen LogP contribution in [0.3, 0.4) is 0 Å². The number of methoxy groups -OCH3 is 1. The van der Waals surface area contributed by atoms with E-state index in [2.05, 4.69) is 15.6 Å². The number of amides is 2. The first-order chi connectivity index (χ1) is 12.9. The standard InChI is InChI=1S/C20H31N3O5.Li/c1-13(2)10-11-20(28-6,18(26)27)17(25)23-15(19(3,4)5)16(24)22-14-9-7-8-12-21-14;/h7-9,12-13,15H,10-11H2,1-6H3,(H,23,25)(H,26,27)(H,21,22,24);/q;+1/p-1/t15-,20+;/m1./s1. The Morgan fingerprint density at radius 1 is 1.21 bits per heavy atom. The molecule has 1 heterocycles. The number of rotatable bonds is 9. The molecule has 2 amide bonds. The monoisotopic (exact) mass is 399 g/mol. The van der Waals surface area contributed by atoms with E-state index < -0.39 is 34.8 Å². The number of nitrogens with one attached hydrogen (secondary N) is 2. The second-order valence-electron chi connectivity index (χ2n) is 8.23. The number of carboxylic acid groups (broad SMARTS) is 1. The van der Waals surface area contributed by atoms with Crippen LogP contribution in [0.2, 0.25) is 0 Å².